The fraction of sp³-hybridized carbons (Fsp3) is 0.533. The molecule has 0 amide bonds. The van der Waals surface area contributed by atoms with Crippen LogP contribution in [0.5, 0.6) is 5.75 Å². The minimum atomic E-state index is -0.370. The van der Waals surface area contributed by atoms with E-state index in [-0.39, 0.29) is 18.0 Å². The molecule has 104 valence electrons. The van der Waals surface area contributed by atoms with E-state index in [0.717, 1.165) is 17.7 Å². The highest BCUT2D eigenvalue weighted by molar-refractivity contribution is 5.90. The van der Waals surface area contributed by atoms with Gasteiger partial charge < -0.3 is 14.2 Å². The van der Waals surface area contributed by atoms with Gasteiger partial charge in [-0.1, -0.05) is 19.1 Å². The topological polar surface area (TPSA) is 44.8 Å². The van der Waals surface area contributed by atoms with Gasteiger partial charge in [-0.05, 0) is 24.1 Å². The van der Waals surface area contributed by atoms with E-state index in [1.165, 1.54) is 0 Å². The van der Waals surface area contributed by atoms with Crippen molar-refractivity contribution in [3.05, 3.63) is 29.8 Å². The third-order valence-electron chi connectivity index (χ3n) is 3.16. The maximum Gasteiger partial charge on any atom is 0.166 e. The Morgan fingerprint density at radius 2 is 2.16 bits per heavy atom. The van der Waals surface area contributed by atoms with Gasteiger partial charge in [0, 0.05) is 13.0 Å². The van der Waals surface area contributed by atoms with Crippen molar-refractivity contribution in [2.75, 3.05) is 13.7 Å². The third kappa shape index (κ3) is 3.55. The van der Waals surface area contributed by atoms with Crippen LogP contribution < -0.4 is 4.74 Å². The molecule has 1 aliphatic rings. The van der Waals surface area contributed by atoms with E-state index in [2.05, 4.69) is 0 Å². The summed E-state index contributed by atoms with van der Waals surface area (Å²) in [7, 11) is 1.64. The predicted molar refractivity (Wildman–Crippen MR) is 71.2 cm³/mol. The molecule has 19 heavy (non-hydrogen) atoms. The molecule has 1 fully saturated rings. The van der Waals surface area contributed by atoms with Crippen LogP contribution in [0.25, 0.3) is 0 Å². The summed E-state index contributed by atoms with van der Waals surface area (Å²) >= 11 is 0. The first-order chi connectivity index (χ1) is 9.24. The highest BCUT2D eigenvalue weighted by Gasteiger charge is 2.41. The van der Waals surface area contributed by atoms with Crippen molar-refractivity contribution in [2.24, 2.45) is 0 Å². The molecule has 0 aliphatic heterocycles. The van der Waals surface area contributed by atoms with Gasteiger partial charge in [-0.25, -0.2) is 0 Å². The summed E-state index contributed by atoms with van der Waals surface area (Å²) in [6.07, 6.45) is 0.890. The normalized spacial score (nSPS) is 22.1. The molecule has 0 heterocycles. The molecule has 0 spiro atoms. The lowest BCUT2D eigenvalue weighted by Crippen LogP contribution is -2.50. The number of ketones is 1. The van der Waals surface area contributed by atoms with E-state index in [1.807, 2.05) is 31.2 Å². The monoisotopic (exact) mass is 264 g/mol. The van der Waals surface area contributed by atoms with Gasteiger partial charge in [0.2, 0.25) is 0 Å². The highest BCUT2D eigenvalue weighted by atomic mass is 16.5. The SMILES string of the molecule is CCCOC1C(=O)CC1OCc1cccc(OC)c1. The molecule has 0 N–H and O–H groups in total. The average Bonchev–Trinajstić information content (AvgIpc) is 2.43. The van der Waals surface area contributed by atoms with E-state index >= 15 is 0 Å². The number of benzene rings is 1. The molecule has 0 radical (unpaired) electrons. The van der Waals surface area contributed by atoms with Gasteiger partial charge in [0.1, 0.15) is 11.9 Å². The second-order valence-electron chi connectivity index (χ2n) is 4.66. The summed E-state index contributed by atoms with van der Waals surface area (Å²) < 4.78 is 16.4. The summed E-state index contributed by atoms with van der Waals surface area (Å²) in [5, 5.41) is 0. The summed E-state index contributed by atoms with van der Waals surface area (Å²) in [5.74, 6) is 0.952. The van der Waals surface area contributed by atoms with Crippen molar-refractivity contribution in [1.29, 1.82) is 0 Å². The number of rotatable bonds is 7. The molecule has 1 aromatic rings. The van der Waals surface area contributed by atoms with Gasteiger partial charge in [0.05, 0.1) is 19.8 Å². The molecule has 0 aromatic heterocycles. The maximum absolute atomic E-state index is 11.4. The minimum Gasteiger partial charge on any atom is -0.497 e. The molecular formula is C15H20O4. The van der Waals surface area contributed by atoms with Gasteiger partial charge in [-0.3, -0.25) is 4.79 Å². The van der Waals surface area contributed by atoms with Gasteiger partial charge in [-0.2, -0.15) is 0 Å². The van der Waals surface area contributed by atoms with E-state index in [4.69, 9.17) is 14.2 Å². The summed E-state index contributed by atoms with van der Waals surface area (Å²) in [6, 6.07) is 7.73. The van der Waals surface area contributed by atoms with Crippen LogP contribution in [0.1, 0.15) is 25.3 Å². The highest BCUT2D eigenvalue weighted by Crippen LogP contribution is 2.25. The molecule has 1 aromatic carbocycles. The van der Waals surface area contributed by atoms with Gasteiger partial charge in [-0.15, -0.1) is 0 Å². The average molecular weight is 264 g/mol. The number of methoxy groups -OCH3 is 1. The van der Waals surface area contributed by atoms with Gasteiger partial charge in [0.25, 0.3) is 0 Å². The number of carbonyl (C=O) groups is 1. The molecule has 0 bridgehead atoms. The quantitative estimate of drug-likeness (QED) is 0.758. The number of hydrogen-bond acceptors (Lipinski definition) is 4. The molecule has 4 heteroatoms. The molecule has 4 nitrogen and oxygen atoms in total. The molecule has 1 aliphatic carbocycles. The Morgan fingerprint density at radius 3 is 2.84 bits per heavy atom. The molecule has 1 saturated carbocycles. The van der Waals surface area contributed by atoms with Gasteiger partial charge in [0.15, 0.2) is 5.78 Å². The Morgan fingerprint density at radius 1 is 1.32 bits per heavy atom. The van der Waals surface area contributed by atoms with E-state index in [0.29, 0.717) is 19.6 Å². The van der Waals surface area contributed by atoms with Crippen LogP contribution in [0.4, 0.5) is 0 Å². The fourth-order valence-corrected chi connectivity index (χ4v) is 2.03. The molecule has 0 saturated heterocycles. The molecule has 2 unspecified atom stereocenters. The zero-order chi connectivity index (χ0) is 13.7. The van der Waals surface area contributed by atoms with Crippen LogP contribution in [-0.4, -0.2) is 31.7 Å². The first-order valence-electron chi connectivity index (χ1n) is 6.63. The van der Waals surface area contributed by atoms with Crippen LogP contribution in [-0.2, 0) is 20.9 Å². The Labute approximate surface area is 113 Å². The third-order valence-corrected chi connectivity index (χ3v) is 3.16. The van der Waals surface area contributed by atoms with Crippen LogP contribution >= 0.6 is 0 Å². The second-order valence-corrected chi connectivity index (χ2v) is 4.66. The summed E-state index contributed by atoms with van der Waals surface area (Å²) in [5.41, 5.74) is 1.04. The summed E-state index contributed by atoms with van der Waals surface area (Å²) in [4.78, 5) is 11.4. The molecular weight excluding hydrogens is 244 g/mol. The Balaban J connectivity index is 1.83. The van der Waals surface area contributed by atoms with Crippen LogP contribution in [0.15, 0.2) is 24.3 Å². The van der Waals surface area contributed by atoms with Gasteiger partial charge >= 0.3 is 0 Å². The van der Waals surface area contributed by atoms with Crippen molar-refractivity contribution < 1.29 is 19.0 Å². The number of hydrogen-bond donors (Lipinski definition) is 0. The fourth-order valence-electron chi connectivity index (χ4n) is 2.03. The largest absolute Gasteiger partial charge is 0.497 e. The predicted octanol–water partition coefficient (Wildman–Crippen LogP) is 2.35. The number of ether oxygens (including phenoxy) is 3. The zero-order valence-electron chi connectivity index (χ0n) is 11.4. The Kier molecular flexibility index (Phi) is 4.93. The van der Waals surface area contributed by atoms with Crippen molar-refractivity contribution in [3.63, 3.8) is 0 Å². The van der Waals surface area contributed by atoms with E-state index in [9.17, 15) is 4.79 Å². The number of carbonyl (C=O) groups excluding carboxylic acids is 1. The lowest BCUT2D eigenvalue weighted by Gasteiger charge is -2.34. The Bertz CT molecular complexity index is 430. The zero-order valence-corrected chi connectivity index (χ0v) is 11.4. The summed E-state index contributed by atoms with van der Waals surface area (Å²) in [6.45, 7) is 3.10. The number of Topliss-reactive ketones (excluding diaryl/α,β-unsaturated/α-hetero) is 1. The maximum atomic E-state index is 11.4. The van der Waals surface area contributed by atoms with Crippen LogP contribution in [0, 0.1) is 0 Å². The first-order valence-corrected chi connectivity index (χ1v) is 6.63. The standard InChI is InChI=1S/C15H20O4/c1-3-7-18-15-13(16)9-14(15)19-10-11-5-4-6-12(8-11)17-2/h4-6,8,14-15H,3,7,9-10H2,1-2H3. The molecule has 2 rings (SSSR count). The lowest BCUT2D eigenvalue weighted by molar-refractivity contribution is -0.167. The van der Waals surface area contributed by atoms with Crippen LogP contribution in [0.2, 0.25) is 0 Å². The van der Waals surface area contributed by atoms with Crippen molar-refractivity contribution in [2.45, 2.75) is 38.6 Å². The smallest absolute Gasteiger partial charge is 0.166 e. The minimum absolute atomic E-state index is 0.106. The second kappa shape index (κ2) is 6.68. The van der Waals surface area contributed by atoms with Crippen molar-refractivity contribution in [1.82, 2.24) is 0 Å². The lowest BCUT2D eigenvalue weighted by atomic mass is 9.90. The molecule has 2 atom stereocenters. The van der Waals surface area contributed by atoms with Crippen molar-refractivity contribution >= 4 is 5.78 Å². The van der Waals surface area contributed by atoms with E-state index < -0.39 is 0 Å². The van der Waals surface area contributed by atoms with Crippen LogP contribution in [0.3, 0.4) is 0 Å². The Hall–Kier alpha value is -1.39. The van der Waals surface area contributed by atoms with Crippen molar-refractivity contribution in [3.8, 4) is 5.75 Å². The van der Waals surface area contributed by atoms with E-state index in [1.54, 1.807) is 7.11 Å². The first kappa shape index (κ1) is 14.0.